The van der Waals surface area contributed by atoms with E-state index in [0.29, 0.717) is 6.04 Å². The molecule has 0 bridgehead atoms. The molecule has 1 aromatic carbocycles. The predicted molar refractivity (Wildman–Crippen MR) is 80.5 cm³/mol. The van der Waals surface area contributed by atoms with Crippen molar-refractivity contribution >= 4 is 44.9 Å². The molecule has 0 aliphatic heterocycles. The van der Waals surface area contributed by atoms with Crippen LogP contribution in [0.15, 0.2) is 22.5 Å². The lowest BCUT2D eigenvalue weighted by Gasteiger charge is -2.08. The summed E-state index contributed by atoms with van der Waals surface area (Å²) in [5, 5.41) is 2.90. The van der Waals surface area contributed by atoms with Crippen LogP contribution in [0.3, 0.4) is 0 Å². The number of nitrogen functional groups attached to an aromatic ring is 1. The van der Waals surface area contributed by atoms with E-state index in [1.54, 1.807) is 11.3 Å². The average molecular weight is 293 g/mol. The average Bonchev–Trinajstić information content (AvgIpc) is 3.08. The molecular formula is C13H15N3OS2. The van der Waals surface area contributed by atoms with Crippen LogP contribution in [0.1, 0.15) is 19.8 Å². The number of fused-ring (bicyclic) bond motifs is 1. The first kappa shape index (κ1) is 12.7. The highest BCUT2D eigenvalue weighted by atomic mass is 32.2. The number of amides is 1. The second-order valence-electron chi connectivity index (χ2n) is 4.75. The molecule has 100 valence electrons. The molecule has 1 aliphatic carbocycles. The summed E-state index contributed by atoms with van der Waals surface area (Å²) in [5.41, 5.74) is 7.44. The molecule has 19 heavy (non-hydrogen) atoms. The van der Waals surface area contributed by atoms with Crippen LogP contribution >= 0.6 is 23.1 Å². The lowest BCUT2D eigenvalue weighted by Crippen LogP contribution is -2.32. The van der Waals surface area contributed by atoms with Gasteiger partial charge in [-0.05, 0) is 38.0 Å². The Morgan fingerprint density at radius 1 is 1.58 bits per heavy atom. The van der Waals surface area contributed by atoms with Gasteiger partial charge in [-0.2, -0.15) is 0 Å². The van der Waals surface area contributed by atoms with Gasteiger partial charge in [0.25, 0.3) is 0 Å². The summed E-state index contributed by atoms with van der Waals surface area (Å²) >= 11 is 3.09. The topological polar surface area (TPSA) is 68.0 Å². The number of nitrogens with one attached hydrogen (secondary N) is 1. The van der Waals surface area contributed by atoms with E-state index in [9.17, 15) is 4.79 Å². The Hall–Kier alpha value is -1.27. The monoisotopic (exact) mass is 293 g/mol. The number of rotatable bonds is 4. The van der Waals surface area contributed by atoms with Crippen molar-refractivity contribution in [3.63, 3.8) is 0 Å². The Morgan fingerprint density at radius 3 is 3.11 bits per heavy atom. The zero-order valence-corrected chi connectivity index (χ0v) is 12.2. The molecule has 0 saturated heterocycles. The maximum absolute atomic E-state index is 11.9. The third-order valence-electron chi connectivity index (χ3n) is 2.96. The standard InChI is InChI=1S/C13H15N3OS2/c1-7(12(17)15-9-3-4-9)18-13-16-10-5-2-8(14)6-11(10)19-13/h2,5-7,9H,3-4,14H2,1H3,(H,15,17). The Morgan fingerprint density at radius 2 is 2.37 bits per heavy atom. The van der Waals surface area contributed by atoms with Crippen molar-refractivity contribution < 1.29 is 4.79 Å². The molecule has 1 fully saturated rings. The van der Waals surface area contributed by atoms with Crippen molar-refractivity contribution in [2.24, 2.45) is 0 Å². The Bertz CT molecular complexity index is 621. The van der Waals surface area contributed by atoms with E-state index >= 15 is 0 Å². The summed E-state index contributed by atoms with van der Waals surface area (Å²) in [6, 6.07) is 6.09. The van der Waals surface area contributed by atoms with Gasteiger partial charge < -0.3 is 11.1 Å². The summed E-state index contributed by atoms with van der Waals surface area (Å²) in [6.45, 7) is 1.92. The first-order chi connectivity index (χ1) is 9.11. The van der Waals surface area contributed by atoms with Crippen LogP contribution in [-0.4, -0.2) is 22.2 Å². The lowest BCUT2D eigenvalue weighted by atomic mass is 10.3. The number of benzene rings is 1. The molecule has 1 unspecified atom stereocenters. The van der Waals surface area contributed by atoms with Crippen LogP contribution in [0.2, 0.25) is 0 Å². The van der Waals surface area contributed by atoms with Crippen LogP contribution in [0.5, 0.6) is 0 Å². The van der Waals surface area contributed by atoms with Crippen LogP contribution in [-0.2, 0) is 4.79 Å². The van der Waals surface area contributed by atoms with Gasteiger partial charge in [-0.1, -0.05) is 11.8 Å². The molecular weight excluding hydrogens is 278 g/mol. The van der Waals surface area contributed by atoms with Crippen molar-refractivity contribution in [3.05, 3.63) is 18.2 Å². The summed E-state index contributed by atoms with van der Waals surface area (Å²) in [7, 11) is 0. The zero-order valence-electron chi connectivity index (χ0n) is 10.6. The summed E-state index contributed by atoms with van der Waals surface area (Å²) < 4.78 is 1.98. The summed E-state index contributed by atoms with van der Waals surface area (Å²) in [5.74, 6) is 0.103. The number of hydrogen-bond donors (Lipinski definition) is 2. The number of thioether (sulfide) groups is 1. The van der Waals surface area contributed by atoms with Crippen molar-refractivity contribution in [1.82, 2.24) is 10.3 Å². The SMILES string of the molecule is CC(Sc1nc2ccc(N)cc2s1)C(=O)NC1CC1. The number of carbonyl (C=O) groups is 1. The molecule has 1 amide bonds. The van der Waals surface area contributed by atoms with Crippen LogP contribution < -0.4 is 11.1 Å². The minimum absolute atomic E-state index is 0.103. The normalized spacial score (nSPS) is 16.5. The molecule has 1 atom stereocenters. The van der Waals surface area contributed by atoms with Gasteiger partial charge in [0.05, 0.1) is 15.5 Å². The fraction of sp³-hybridized carbons (Fsp3) is 0.385. The minimum atomic E-state index is -0.112. The highest BCUT2D eigenvalue weighted by Crippen LogP contribution is 2.33. The van der Waals surface area contributed by atoms with Crippen molar-refractivity contribution in [3.8, 4) is 0 Å². The molecule has 1 aliphatic rings. The molecule has 6 heteroatoms. The second kappa shape index (κ2) is 5.02. The van der Waals surface area contributed by atoms with E-state index in [1.807, 2.05) is 25.1 Å². The number of thiazole rings is 1. The molecule has 1 aromatic heterocycles. The molecule has 0 spiro atoms. The fourth-order valence-electron chi connectivity index (χ4n) is 1.72. The van der Waals surface area contributed by atoms with Crippen LogP contribution in [0.25, 0.3) is 10.2 Å². The van der Waals surface area contributed by atoms with Crippen molar-refractivity contribution in [2.75, 3.05) is 5.73 Å². The summed E-state index contributed by atoms with van der Waals surface area (Å²) in [6.07, 6.45) is 2.23. The van der Waals surface area contributed by atoms with Crippen LogP contribution in [0, 0.1) is 0 Å². The van der Waals surface area contributed by atoms with E-state index in [2.05, 4.69) is 10.3 Å². The summed E-state index contributed by atoms with van der Waals surface area (Å²) in [4.78, 5) is 16.4. The number of nitrogens with two attached hydrogens (primary N) is 1. The number of aromatic nitrogens is 1. The third kappa shape index (κ3) is 3.01. The highest BCUT2D eigenvalue weighted by molar-refractivity contribution is 8.02. The molecule has 3 N–H and O–H groups in total. The maximum Gasteiger partial charge on any atom is 0.233 e. The van der Waals surface area contributed by atoms with Gasteiger partial charge in [-0.15, -0.1) is 11.3 Å². The van der Waals surface area contributed by atoms with E-state index < -0.39 is 0 Å². The fourth-order valence-corrected chi connectivity index (χ4v) is 3.99. The third-order valence-corrected chi connectivity index (χ3v) is 5.18. The molecule has 0 radical (unpaired) electrons. The zero-order chi connectivity index (χ0) is 13.4. The predicted octanol–water partition coefficient (Wildman–Crippen LogP) is 2.64. The second-order valence-corrected chi connectivity index (χ2v) is 7.37. The van der Waals surface area contributed by atoms with E-state index in [1.165, 1.54) is 11.8 Å². The number of carbonyl (C=O) groups excluding carboxylic acids is 1. The van der Waals surface area contributed by atoms with Gasteiger partial charge in [-0.3, -0.25) is 4.79 Å². The van der Waals surface area contributed by atoms with Crippen molar-refractivity contribution in [2.45, 2.75) is 35.4 Å². The Balaban J connectivity index is 1.71. The van der Waals surface area contributed by atoms with Crippen LogP contribution in [0.4, 0.5) is 5.69 Å². The Labute approximate surface area is 119 Å². The number of anilines is 1. The first-order valence-corrected chi connectivity index (χ1v) is 7.94. The van der Waals surface area contributed by atoms with E-state index in [-0.39, 0.29) is 11.2 Å². The minimum Gasteiger partial charge on any atom is -0.399 e. The van der Waals surface area contributed by atoms with E-state index in [0.717, 1.165) is 33.1 Å². The molecule has 1 saturated carbocycles. The van der Waals surface area contributed by atoms with Gasteiger partial charge in [0, 0.05) is 11.7 Å². The Kier molecular flexibility index (Phi) is 3.36. The molecule has 3 rings (SSSR count). The smallest absolute Gasteiger partial charge is 0.233 e. The molecule has 2 aromatic rings. The number of hydrogen-bond acceptors (Lipinski definition) is 5. The van der Waals surface area contributed by atoms with E-state index in [4.69, 9.17) is 5.73 Å². The van der Waals surface area contributed by atoms with Gasteiger partial charge in [-0.25, -0.2) is 4.98 Å². The van der Waals surface area contributed by atoms with Gasteiger partial charge in [0.15, 0.2) is 4.34 Å². The van der Waals surface area contributed by atoms with Crippen molar-refractivity contribution in [1.29, 1.82) is 0 Å². The first-order valence-electron chi connectivity index (χ1n) is 6.25. The lowest BCUT2D eigenvalue weighted by molar-refractivity contribution is -0.120. The largest absolute Gasteiger partial charge is 0.399 e. The maximum atomic E-state index is 11.9. The molecule has 1 heterocycles. The molecule has 4 nitrogen and oxygen atoms in total. The number of nitrogens with zero attached hydrogens (tertiary/aromatic N) is 1. The van der Waals surface area contributed by atoms with Gasteiger partial charge >= 0.3 is 0 Å². The van der Waals surface area contributed by atoms with Gasteiger partial charge in [0.2, 0.25) is 5.91 Å². The quantitative estimate of drug-likeness (QED) is 0.671. The highest BCUT2D eigenvalue weighted by Gasteiger charge is 2.26. The van der Waals surface area contributed by atoms with Gasteiger partial charge in [0.1, 0.15) is 0 Å².